The highest BCUT2D eigenvalue weighted by atomic mass is 16.3. The molecule has 0 aromatic heterocycles. The van der Waals surface area contributed by atoms with Gasteiger partial charge in [0.15, 0.2) is 0 Å². The SMILES string of the molecule is C[C@@]1(O)CCCC[C@@H]2C(=O)CCC[C@@H]21. The van der Waals surface area contributed by atoms with Crippen molar-refractivity contribution in [3.8, 4) is 0 Å². The largest absolute Gasteiger partial charge is 0.390 e. The van der Waals surface area contributed by atoms with Gasteiger partial charge in [-0.15, -0.1) is 0 Å². The van der Waals surface area contributed by atoms with Crippen molar-refractivity contribution in [1.82, 2.24) is 0 Å². The molecule has 0 spiro atoms. The quantitative estimate of drug-likeness (QED) is 0.645. The molecular weight excluding hydrogens is 176 g/mol. The summed E-state index contributed by atoms with van der Waals surface area (Å²) in [6, 6.07) is 0. The molecule has 0 radical (unpaired) electrons. The molecule has 3 atom stereocenters. The van der Waals surface area contributed by atoms with E-state index in [2.05, 4.69) is 0 Å². The van der Waals surface area contributed by atoms with Crippen LogP contribution in [0.15, 0.2) is 0 Å². The predicted octanol–water partition coefficient (Wildman–Crippen LogP) is 2.30. The topological polar surface area (TPSA) is 37.3 Å². The highest BCUT2D eigenvalue weighted by Gasteiger charge is 2.43. The Bertz CT molecular complexity index is 232. The maximum absolute atomic E-state index is 11.8. The lowest BCUT2D eigenvalue weighted by atomic mass is 9.69. The van der Waals surface area contributed by atoms with Crippen LogP contribution in [0.1, 0.15) is 51.9 Å². The van der Waals surface area contributed by atoms with Gasteiger partial charge in [0.1, 0.15) is 5.78 Å². The van der Waals surface area contributed by atoms with Crippen molar-refractivity contribution in [2.24, 2.45) is 11.8 Å². The van der Waals surface area contributed by atoms with E-state index in [1.165, 1.54) is 0 Å². The molecule has 2 fully saturated rings. The van der Waals surface area contributed by atoms with Crippen molar-refractivity contribution >= 4 is 5.78 Å². The summed E-state index contributed by atoms with van der Waals surface area (Å²) in [5.74, 6) is 0.816. The summed E-state index contributed by atoms with van der Waals surface area (Å²) >= 11 is 0. The van der Waals surface area contributed by atoms with Gasteiger partial charge in [0, 0.05) is 12.3 Å². The predicted molar refractivity (Wildman–Crippen MR) is 54.9 cm³/mol. The van der Waals surface area contributed by atoms with Crippen LogP contribution in [0.25, 0.3) is 0 Å². The second kappa shape index (κ2) is 3.65. The number of Topliss-reactive ketones (excluding diaryl/α,β-unsaturated/α-hetero) is 1. The van der Waals surface area contributed by atoms with E-state index in [4.69, 9.17) is 0 Å². The van der Waals surface area contributed by atoms with Crippen molar-refractivity contribution in [1.29, 1.82) is 0 Å². The van der Waals surface area contributed by atoms with Crippen LogP contribution in [0, 0.1) is 11.8 Å². The fourth-order valence-electron chi connectivity index (χ4n) is 3.25. The maximum Gasteiger partial charge on any atom is 0.136 e. The van der Waals surface area contributed by atoms with Gasteiger partial charge in [-0.3, -0.25) is 4.79 Å². The molecule has 2 aliphatic rings. The van der Waals surface area contributed by atoms with Gasteiger partial charge in [-0.2, -0.15) is 0 Å². The van der Waals surface area contributed by atoms with Crippen molar-refractivity contribution < 1.29 is 9.90 Å². The molecule has 0 bridgehead atoms. The van der Waals surface area contributed by atoms with Gasteiger partial charge in [-0.1, -0.05) is 12.8 Å². The van der Waals surface area contributed by atoms with Gasteiger partial charge in [-0.25, -0.2) is 0 Å². The number of rotatable bonds is 0. The maximum atomic E-state index is 11.8. The molecule has 2 heteroatoms. The number of carbonyl (C=O) groups excluding carboxylic acids is 1. The van der Waals surface area contributed by atoms with Gasteiger partial charge < -0.3 is 5.11 Å². The van der Waals surface area contributed by atoms with Crippen LogP contribution in [0.4, 0.5) is 0 Å². The number of ketones is 1. The van der Waals surface area contributed by atoms with Crippen LogP contribution >= 0.6 is 0 Å². The van der Waals surface area contributed by atoms with Crippen LogP contribution in [0.5, 0.6) is 0 Å². The minimum Gasteiger partial charge on any atom is -0.390 e. The molecule has 2 aliphatic carbocycles. The minimum absolute atomic E-state index is 0.168. The third-order valence-corrected chi connectivity index (χ3v) is 4.08. The zero-order valence-electron chi connectivity index (χ0n) is 8.96. The fourth-order valence-corrected chi connectivity index (χ4v) is 3.25. The molecular formula is C12H20O2. The smallest absolute Gasteiger partial charge is 0.136 e. The zero-order valence-corrected chi connectivity index (χ0v) is 8.96. The van der Waals surface area contributed by atoms with E-state index in [1.807, 2.05) is 6.92 Å². The third-order valence-electron chi connectivity index (χ3n) is 4.08. The summed E-state index contributed by atoms with van der Waals surface area (Å²) in [5, 5.41) is 10.3. The molecule has 0 aliphatic heterocycles. The fraction of sp³-hybridized carbons (Fsp3) is 0.917. The molecule has 0 saturated heterocycles. The molecule has 0 amide bonds. The first-order valence-corrected chi connectivity index (χ1v) is 5.86. The molecule has 2 rings (SSSR count). The molecule has 0 unspecified atom stereocenters. The first-order valence-electron chi connectivity index (χ1n) is 5.86. The van der Waals surface area contributed by atoms with Crippen LogP contribution in [-0.4, -0.2) is 16.5 Å². The molecule has 0 aromatic rings. The Morgan fingerprint density at radius 2 is 2.07 bits per heavy atom. The standard InChI is InChI=1S/C12H20O2/c1-12(14)8-3-2-5-9-10(12)6-4-7-11(9)13/h9-10,14H,2-8H2,1H3/t9-,10-,12+/m0/s1. The monoisotopic (exact) mass is 196 g/mol. The van der Waals surface area contributed by atoms with E-state index in [0.29, 0.717) is 5.78 Å². The Balaban J connectivity index is 2.21. The Hall–Kier alpha value is -0.370. The van der Waals surface area contributed by atoms with E-state index < -0.39 is 5.60 Å². The molecule has 1 N–H and O–H groups in total. The summed E-state index contributed by atoms with van der Waals surface area (Å²) in [7, 11) is 0. The van der Waals surface area contributed by atoms with E-state index >= 15 is 0 Å². The van der Waals surface area contributed by atoms with Crippen LogP contribution in [0.2, 0.25) is 0 Å². The summed E-state index contributed by atoms with van der Waals surface area (Å²) in [6.07, 6.45) is 6.86. The van der Waals surface area contributed by atoms with Crippen LogP contribution < -0.4 is 0 Å². The highest BCUT2D eigenvalue weighted by molar-refractivity contribution is 5.82. The molecule has 0 aromatic carbocycles. The molecule has 80 valence electrons. The summed E-state index contributed by atoms with van der Waals surface area (Å²) < 4.78 is 0. The van der Waals surface area contributed by atoms with Gasteiger partial charge >= 0.3 is 0 Å². The zero-order chi connectivity index (χ0) is 10.2. The average molecular weight is 196 g/mol. The summed E-state index contributed by atoms with van der Waals surface area (Å²) in [4.78, 5) is 11.8. The average Bonchev–Trinajstić information content (AvgIpc) is 2.27. The molecule has 14 heavy (non-hydrogen) atoms. The Labute approximate surface area is 85.7 Å². The number of carbonyl (C=O) groups is 1. The number of aliphatic hydroxyl groups is 1. The van der Waals surface area contributed by atoms with Gasteiger partial charge in [0.25, 0.3) is 0 Å². The second-order valence-electron chi connectivity index (χ2n) is 5.17. The normalized spacial score (nSPS) is 44.3. The van der Waals surface area contributed by atoms with E-state index in [1.54, 1.807) is 0 Å². The van der Waals surface area contributed by atoms with Crippen LogP contribution in [-0.2, 0) is 4.79 Å². The second-order valence-corrected chi connectivity index (χ2v) is 5.17. The third kappa shape index (κ3) is 1.72. The highest BCUT2D eigenvalue weighted by Crippen LogP contribution is 2.42. The van der Waals surface area contributed by atoms with Gasteiger partial charge in [0.05, 0.1) is 5.60 Å². The van der Waals surface area contributed by atoms with Crippen molar-refractivity contribution in [3.63, 3.8) is 0 Å². The van der Waals surface area contributed by atoms with Crippen molar-refractivity contribution in [3.05, 3.63) is 0 Å². The Morgan fingerprint density at radius 3 is 2.86 bits per heavy atom. The van der Waals surface area contributed by atoms with Crippen LogP contribution in [0.3, 0.4) is 0 Å². The number of hydrogen-bond acceptors (Lipinski definition) is 2. The lowest BCUT2D eigenvalue weighted by Gasteiger charge is -2.38. The molecule has 0 heterocycles. The first-order chi connectivity index (χ1) is 6.61. The van der Waals surface area contributed by atoms with Gasteiger partial charge in [0.2, 0.25) is 0 Å². The Kier molecular flexibility index (Phi) is 2.65. The lowest BCUT2D eigenvalue weighted by Crippen LogP contribution is -2.42. The molecule has 2 nitrogen and oxygen atoms in total. The van der Waals surface area contributed by atoms with Gasteiger partial charge in [-0.05, 0) is 38.5 Å². The van der Waals surface area contributed by atoms with E-state index in [-0.39, 0.29) is 11.8 Å². The van der Waals surface area contributed by atoms with Crippen molar-refractivity contribution in [2.75, 3.05) is 0 Å². The van der Waals surface area contributed by atoms with E-state index in [0.717, 1.165) is 44.9 Å². The lowest BCUT2D eigenvalue weighted by molar-refractivity contribution is -0.133. The minimum atomic E-state index is -0.586. The number of fused-ring (bicyclic) bond motifs is 1. The summed E-state index contributed by atoms with van der Waals surface area (Å²) in [6.45, 7) is 1.93. The Morgan fingerprint density at radius 1 is 1.29 bits per heavy atom. The van der Waals surface area contributed by atoms with Crippen molar-refractivity contribution in [2.45, 2.75) is 57.5 Å². The van der Waals surface area contributed by atoms with E-state index in [9.17, 15) is 9.90 Å². The first kappa shape index (κ1) is 10.2. The molecule has 2 saturated carbocycles. The number of hydrogen-bond donors (Lipinski definition) is 1. The summed E-state index contributed by atoms with van der Waals surface area (Å²) in [5.41, 5.74) is -0.586.